The molecule has 2 aromatic heterocycles. The quantitative estimate of drug-likeness (QED) is 0.299. The number of hydrogen-bond acceptors (Lipinski definition) is 6. The molecule has 0 fully saturated rings. The highest BCUT2D eigenvalue weighted by Crippen LogP contribution is 2.32. The van der Waals surface area contributed by atoms with Crippen LogP contribution >= 0.6 is 22.9 Å². The van der Waals surface area contributed by atoms with Crippen molar-refractivity contribution in [3.05, 3.63) is 90.9 Å². The van der Waals surface area contributed by atoms with E-state index in [9.17, 15) is 14.4 Å². The van der Waals surface area contributed by atoms with Gasteiger partial charge in [0.2, 0.25) is 12.7 Å². The standard InChI is InChI=1S/C27H26ClN3O5S/c28-20-8-5-18(6-9-20)16-31-21-11-13-37-25(21)26(33)30(27(31)34)12-3-1-2-4-24(32)29-15-19-7-10-22-23(14-19)36-17-35-22/h5-11,13-14H,1-4,12,15-17H2,(H,29,32). The summed E-state index contributed by atoms with van der Waals surface area (Å²) in [6.07, 6.45) is 2.40. The second-order valence-corrected chi connectivity index (χ2v) is 10.2. The fraction of sp³-hybridized carbons (Fsp3) is 0.296. The van der Waals surface area contributed by atoms with Gasteiger partial charge in [-0.05, 0) is 59.7 Å². The first kappa shape index (κ1) is 25.1. The van der Waals surface area contributed by atoms with Gasteiger partial charge in [-0.15, -0.1) is 11.3 Å². The summed E-state index contributed by atoms with van der Waals surface area (Å²) >= 11 is 7.33. The van der Waals surface area contributed by atoms with Crippen molar-refractivity contribution >= 4 is 39.1 Å². The molecule has 4 aromatic rings. The first-order chi connectivity index (χ1) is 18.0. The SMILES string of the molecule is O=C(CCCCCn1c(=O)c2sccc2n(Cc2ccc(Cl)cc2)c1=O)NCc1ccc2c(c1)OCO2. The van der Waals surface area contributed by atoms with Crippen molar-refractivity contribution in [2.24, 2.45) is 0 Å². The fourth-order valence-electron chi connectivity index (χ4n) is 4.33. The van der Waals surface area contributed by atoms with E-state index in [0.29, 0.717) is 65.6 Å². The highest BCUT2D eigenvalue weighted by molar-refractivity contribution is 7.17. The largest absolute Gasteiger partial charge is 0.454 e. The number of amides is 1. The van der Waals surface area contributed by atoms with E-state index in [4.69, 9.17) is 21.1 Å². The number of fused-ring (bicyclic) bond motifs is 2. The normalized spacial score (nSPS) is 12.2. The Kier molecular flexibility index (Phi) is 7.62. The summed E-state index contributed by atoms with van der Waals surface area (Å²) in [4.78, 5) is 38.5. The van der Waals surface area contributed by atoms with Crippen LogP contribution in [0.3, 0.4) is 0 Å². The van der Waals surface area contributed by atoms with Crippen LogP contribution in [0.25, 0.3) is 10.2 Å². The molecule has 2 aromatic carbocycles. The van der Waals surface area contributed by atoms with E-state index in [-0.39, 0.29) is 23.9 Å². The lowest BCUT2D eigenvalue weighted by molar-refractivity contribution is -0.121. The van der Waals surface area contributed by atoms with Gasteiger partial charge in [0.25, 0.3) is 5.56 Å². The second kappa shape index (κ2) is 11.2. The molecule has 0 atom stereocenters. The van der Waals surface area contributed by atoms with Gasteiger partial charge in [-0.2, -0.15) is 0 Å². The zero-order valence-corrected chi connectivity index (χ0v) is 21.6. The van der Waals surface area contributed by atoms with Crippen LogP contribution in [0, 0.1) is 0 Å². The Hall–Kier alpha value is -3.56. The van der Waals surface area contributed by atoms with Crippen LogP contribution in [0.2, 0.25) is 5.02 Å². The maximum atomic E-state index is 13.3. The number of hydrogen-bond donors (Lipinski definition) is 1. The van der Waals surface area contributed by atoms with E-state index in [1.165, 1.54) is 15.9 Å². The Balaban J connectivity index is 1.15. The summed E-state index contributed by atoms with van der Waals surface area (Å²) < 4.78 is 14.2. The number of aromatic nitrogens is 2. The van der Waals surface area contributed by atoms with Crippen molar-refractivity contribution in [2.45, 2.75) is 45.3 Å². The van der Waals surface area contributed by atoms with Crippen molar-refractivity contribution in [3.8, 4) is 11.5 Å². The molecule has 3 heterocycles. The van der Waals surface area contributed by atoms with E-state index < -0.39 is 0 Å². The highest BCUT2D eigenvalue weighted by Gasteiger charge is 2.15. The lowest BCUT2D eigenvalue weighted by Crippen LogP contribution is -2.39. The molecule has 0 aliphatic carbocycles. The van der Waals surface area contributed by atoms with Crippen LogP contribution in [0.4, 0.5) is 0 Å². The summed E-state index contributed by atoms with van der Waals surface area (Å²) in [6, 6.07) is 14.7. The number of unbranched alkanes of at least 4 members (excludes halogenated alkanes) is 2. The Labute approximate surface area is 222 Å². The molecule has 0 spiro atoms. The molecule has 0 bridgehead atoms. The number of rotatable bonds is 10. The third-order valence-corrected chi connectivity index (χ3v) is 7.45. The van der Waals surface area contributed by atoms with Crippen LogP contribution in [-0.2, 0) is 24.4 Å². The number of halogens is 1. The van der Waals surface area contributed by atoms with Gasteiger partial charge in [0.1, 0.15) is 4.70 Å². The van der Waals surface area contributed by atoms with Gasteiger partial charge in [-0.3, -0.25) is 18.7 Å². The molecule has 0 saturated heterocycles. The van der Waals surface area contributed by atoms with Gasteiger partial charge >= 0.3 is 5.69 Å². The molecule has 1 aliphatic rings. The van der Waals surface area contributed by atoms with Gasteiger partial charge in [-0.1, -0.05) is 36.2 Å². The summed E-state index contributed by atoms with van der Waals surface area (Å²) in [5.41, 5.74) is 1.92. The average molecular weight is 540 g/mol. The van der Waals surface area contributed by atoms with Crippen molar-refractivity contribution in [1.29, 1.82) is 0 Å². The molecule has 0 unspecified atom stereocenters. The van der Waals surface area contributed by atoms with Gasteiger partial charge in [0, 0.05) is 24.5 Å². The zero-order chi connectivity index (χ0) is 25.8. The van der Waals surface area contributed by atoms with Gasteiger partial charge in [0.05, 0.1) is 12.1 Å². The highest BCUT2D eigenvalue weighted by atomic mass is 35.5. The van der Waals surface area contributed by atoms with Crippen molar-refractivity contribution in [1.82, 2.24) is 14.5 Å². The lowest BCUT2D eigenvalue weighted by atomic mass is 10.1. The lowest BCUT2D eigenvalue weighted by Gasteiger charge is -2.12. The predicted molar refractivity (Wildman–Crippen MR) is 144 cm³/mol. The maximum absolute atomic E-state index is 13.3. The molecule has 0 radical (unpaired) electrons. The van der Waals surface area contributed by atoms with Crippen LogP contribution < -0.4 is 26.0 Å². The van der Waals surface area contributed by atoms with Crippen molar-refractivity contribution < 1.29 is 14.3 Å². The Morgan fingerprint density at radius 3 is 2.57 bits per heavy atom. The number of carbonyl (C=O) groups is 1. The van der Waals surface area contributed by atoms with E-state index in [1.54, 1.807) is 16.7 Å². The van der Waals surface area contributed by atoms with Crippen LogP contribution in [-0.4, -0.2) is 21.8 Å². The second-order valence-electron chi connectivity index (χ2n) is 8.86. The number of nitrogens with one attached hydrogen (secondary N) is 1. The van der Waals surface area contributed by atoms with Crippen molar-refractivity contribution in [3.63, 3.8) is 0 Å². The number of ether oxygens (including phenoxy) is 2. The summed E-state index contributed by atoms with van der Waals surface area (Å²) in [6.45, 7) is 1.30. The molecule has 0 saturated carbocycles. The smallest absolute Gasteiger partial charge is 0.331 e. The molecular formula is C27H26ClN3O5S. The molecule has 1 aliphatic heterocycles. The molecule has 5 rings (SSSR count). The number of thiophene rings is 1. The van der Waals surface area contributed by atoms with Gasteiger partial charge < -0.3 is 14.8 Å². The first-order valence-corrected chi connectivity index (χ1v) is 13.4. The minimum absolute atomic E-state index is 0.0415. The van der Waals surface area contributed by atoms with Crippen molar-refractivity contribution in [2.75, 3.05) is 6.79 Å². The number of carbonyl (C=O) groups excluding carboxylic acids is 1. The molecule has 1 amide bonds. The minimum atomic E-state index is -0.327. The van der Waals surface area contributed by atoms with Crippen LogP contribution in [0.1, 0.15) is 36.8 Å². The maximum Gasteiger partial charge on any atom is 0.331 e. The number of benzene rings is 2. The van der Waals surface area contributed by atoms with E-state index >= 15 is 0 Å². The molecule has 37 heavy (non-hydrogen) atoms. The zero-order valence-electron chi connectivity index (χ0n) is 20.1. The molecule has 192 valence electrons. The fourth-order valence-corrected chi connectivity index (χ4v) is 5.30. The van der Waals surface area contributed by atoms with Gasteiger partial charge in [0.15, 0.2) is 11.5 Å². The van der Waals surface area contributed by atoms with Gasteiger partial charge in [-0.25, -0.2) is 4.79 Å². The summed E-state index contributed by atoms with van der Waals surface area (Å²) in [7, 11) is 0. The Bertz CT molecular complexity index is 1540. The third-order valence-electron chi connectivity index (χ3n) is 6.30. The minimum Gasteiger partial charge on any atom is -0.454 e. The average Bonchev–Trinajstić information content (AvgIpc) is 3.58. The number of nitrogens with zero attached hydrogens (tertiary/aromatic N) is 2. The topological polar surface area (TPSA) is 91.6 Å². The van der Waals surface area contributed by atoms with Crippen LogP contribution in [0.15, 0.2) is 63.5 Å². The first-order valence-electron chi connectivity index (χ1n) is 12.1. The predicted octanol–water partition coefficient (Wildman–Crippen LogP) is 4.53. The molecule has 8 nitrogen and oxygen atoms in total. The van der Waals surface area contributed by atoms with E-state index in [1.807, 2.05) is 41.8 Å². The Morgan fingerprint density at radius 2 is 1.73 bits per heavy atom. The summed E-state index contributed by atoms with van der Waals surface area (Å²) in [5, 5.41) is 5.38. The third kappa shape index (κ3) is 5.73. The molecule has 10 heteroatoms. The van der Waals surface area contributed by atoms with Crippen LogP contribution in [0.5, 0.6) is 11.5 Å². The Morgan fingerprint density at radius 1 is 0.946 bits per heavy atom. The van der Waals surface area contributed by atoms with E-state index in [0.717, 1.165) is 17.5 Å². The van der Waals surface area contributed by atoms with E-state index in [2.05, 4.69) is 5.32 Å². The summed E-state index contributed by atoms with van der Waals surface area (Å²) in [5.74, 6) is 1.36. The molecular weight excluding hydrogens is 514 g/mol. The monoisotopic (exact) mass is 539 g/mol. The molecule has 1 N–H and O–H groups in total.